The molecule has 1 aliphatic rings. The third-order valence-electron chi connectivity index (χ3n) is 3.88. The van der Waals surface area contributed by atoms with Crippen molar-refractivity contribution in [2.24, 2.45) is 0 Å². The molecule has 0 amide bonds. The second-order valence-corrected chi connectivity index (χ2v) is 8.00. The quantitative estimate of drug-likeness (QED) is 0.902. The summed E-state index contributed by atoms with van der Waals surface area (Å²) in [5.41, 5.74) is 1.21. The second kappa shape index (κ2) is 7.07. The molecule has 1 unspecified atom stereocenters. The fraction of sp³-hybridized carbons (Fsp3) is 0.812. The topological polar surface area (TPSA) is 37.4 Å². The van der Waals surface area contributed by atoms with E-state index in [9.17, 15) is 0 Å². The number of rotatable bonds is 5. The largest absolute Gasteiger partial charge is 0.378 e. The third kappa shape index (κ3) is 4.66. The average molecular weight is 311 g/mol. The van der Waals surface area contributed by atoms with Crippen LogP contribution in [0.5, 0.6) is 0 Å². The molecule has 0 bridgehead atoms. The molecular formula is C16H29N3OS. The minimum absolute atomic E-state index is 0.118. The minimum atomic E-state index is 0.118. The Kier molecular flexibility index (Phi) is 5.63. The molecule has 1 N–H and O–H groups in total. The van der Waals surface area contributed by atoms with Crippen LogP contribution in [0.3, 0.4) is 0 Å². The van der Waals surface area contributed by atoms with Crippen LogP contribution in [0.25, 0.3) is 0 Å². The van der Waals surface area contributed by atoms with Crippen LogP contribution in [-0.4, -0.2) is 30.2 Å². The van der Waals surface area contributed by atoms with Crippen LogP contribution in [0.15, 0.2) is 0 Å². The zero-order valence-corrected chi connectivity index (χ0v) is 14.8. The highest BCUT2D eigenvalue weighted by Crippen LogP contribution is 2.31. The number of nitrogens with one attached hydrogen (secondary N) is 1. The average Bonchev–Trinajstić information content (AvgIpc) is 2.80. The van der Waals surface area contributed by atoms with Crippen LogP contribution in [0, 0.1) is 0 Å². The Balaban J connectivity index is 2.15. The van der Waals surface area contributed by atoms with Gasteiger partial charge in [0.05, 0.1) is 12.3 Å². The van der Waals surface area contributed by atoms with E-state index in [1.807, 2.05) is 11.3 Å². The smallest absolute Gasteiger partial charge is 0.186 e. The Hall–Kier alpha value is -0.650. The Morgan fingerprint density at radius 1 is 1.38 bits per heavy atom. The zero-order chi connectivity index (χ0) is 15.5. The SMILES string of the molecule is COCc1nc(N2CCCCC2C)sc1CNC(C)(C)C. The van der Waals surface area contributed by atoms with Gasteiger partial charge in [-0.2, -0.15) is 0 Å². The van der Waals surface area contributed by atoms with Gasteiger partial charge in [-0.05, 0) is 47.0 Å². The lowest BCUT2D eigenvalue weighted by molar-refractivity contribution is 0.181. The minimum Gasteiger partial charge on any atom is -0.378 e. The Labute approximate surface area is 132 Å². The summed E-state index contributed by atoms with van der Waals surface area (Å²) in [5.74, 6) is 0. The molecule has 5 heteroatoms. The number of nitrogens with zero attached hydrogens (tertiary/aromatic N) is 2. The normalized spacial score (nSPS) is 20.0. The van der Waals surface area contributed by atoms with Crippen molar-refractivity contribution in [2.45, 2.75) is 71.7 Å². The van der Waals surface area contributed by atoms with E-state index in [-0.39, 0.29) is 5.54 Å². The van der Waals surface area contributed by atoms with E-state index in [0.29, 0.717) is 12.6 Å². The first-order valence-electron chi connectivity index (χ1n) is 7.90. The van der Waals surface area contributed by atoms with Gasteiger partial charge in [0, 0.05) is 36.7 Å². The maximum Gasteiger partial charge on any atom is 0.186 e. The van der Waals surface area contributed by atoms with E-state index >= 15 is 0 Å². The highest BCUT2D eigenvalue weighted by Gasteiger charge is 2.23. The molecule has 2 rings (SSSR count). The van der Waals surface area contributed by atoms with Gasteiger partial charge < -0.3 is 15.0 Å². The molecule has 0 saturated carbocycles. The molecule has 0 aliphatic carbocycles. The molecule has 1 aromatic heterocycles. The first-order chi connectivity index (χ1) is 9.90. The van der Waals surface area contributed by atoms with Crippen LogP contribution >= 0.6 is 11.3 Å². The Morgan fingerprint density at radius 2 is 2.14 bits per heavy atom. The van der Waals surface area contributed by atoms with E-state index in [0.717, 1.165) is 18.8 Å². The molecule has 1 aromatic rings. The fourth-order valence-electron chi connectivity index (χ4n) is 2.61. The molecular weight excluding hydrogens is 282 g/mol. The summed E-state index contributed by atoms with van der Waals surface area (Å²) in [7, 11) is 1.74. The van der Waals surface area contributed by atoms with Gasteiger partial charge in [0.25, 0.3) is 0 Å². The molecule has 1 atom stereocenters. The predicted molar refractivity (Wildman–Crippen MR) is 90.1 cm³/mol. The maximum atomic E-state index is 5.33. The van der Waals surface area contributed by atoms with Gasteiger partial charge in [-0.15, -0.1) is 11.3 Å². The van der Waals surface area contributed by atoms with Crippen molar-refractivity contribution in [1.29, 1.82) is 0 Å². The number of methoxy groups -OCH3 is 1. The molecule has 1 fully saturated rings. The number of aromatic nitrogens is 1. The summed E-state index contributed by atoms with van der Waals surface area (Å²) < 4.78 is 5.33. The lowest BCUT2D eigenvalue weighted by atomic mass is 10.1. The summed E-state index contributed by atoms with van der Waals surface area (Å²) in [6, 6.07) is 0.601. The number of ether oxygens (including phenoxy) is 1. The van der Waals surface area contributed by atoms with Gasteiger partial charge in [-0.25, -0.2) is 4.98 Å². The van der Waals surface area contributed by atoms with E-state index < -0.39 is 0 Å². The molecule has 1 saturated heterocycles. The Bertz CT molecular complexity index is 453. The van der Waals surface area contributed by atoms with Gasteiger partial charge in [-0.1, -0.05) is 0 Å². The summed E-state index contributed by atoms with van der Waals surface area (Å²) in [5, 5.41) is 4.73. The first kappa shape index (κ1) is 16.7. The monoisotopic (exact) mass is 311 g/mol. The van der Waals surface area contributed by atoms with Crippen molar-refractivity contribution < 1.29 is 4.74 Å². The molecule has 2 heterocycles. The fourth-order valence-corrected chi connectivity index (χ4v) is 3.74. The lowest BCUT2D eigenvalue weighted by Gasteiger charge is -2.33. The van der Waals surface area contributed by atoms with Crippen LogP contribution in [0.1, 0.15) is 57.5 Å². The third-order valence-corrected chi connectivity index (χ3v) is 5.01. The number of thiazole rings is 1. The van der Waals surface area contributed by atoms with Crippen molar-refractivity contribution in [3.8, 4) is 0 Å². The van der Waals surface area contributed by atoms with Crippen molar-refractivity contribution in [3.05, 3.63) is 10.6 Å². The summed E-state index contributed by atoms with van der Waals surface area (Å²) in [6.45, 7) is 11.5. The van der Waals surface area contributed by atoms with Gasteiger partial charge in [0.15, 0.2) is 5.13 Å². The Morgan fingerprint density at radius 3 is 2.76 bits per heavy atom. The number of hydrogen-bond acceptors (Lipinski definition) is 5. The number of anilines is 1. The van der Waals surface area contributed by atoms with Crippen LogP contribution in [-0.2, 0) is 17.9 Å². The number of hydrogen-bond donors (Lipinski definition) is 1. The van der Waals surface area contributed by atoms with Crippen LogP contribution in [0.2, 0.25) is 0 Å². The van der Waals surface area contributed by atoms with Crippen molar-refractivity contribution in [2.75, 3.05) is 18.6 Å². The van der Waals surface area contributed by atoms with Crippen LogP contribution in [0.4, 0.5) is 5.13 Å². The first-order valence-corrected chi connectivity index (χ1v) is 8.71. The molecule has 21 heavy (non-hydrogen) atoms. The van der Waals surface area contributed by atoms with E-state index in [1.165, 1.54) is 29.3 Å². The molecule has 0 spiro atoms. The standard InChI is InChI=1S/C16H29N3OS/c1-12-8-6-7-9-19(12)15-18-13(11-20-5)14(21-15)10-17-16(2,3)4/h12,17H,6-11H2,1-5H3. The highest BCUT2D eigenvalue weighted by molar-refractivity contribution is 7.15. The molecule has 0 radical (unpaired) electrons. The van der Waals surface area contributed by atoms with E-state index in [4.69, 9.17) is 9.72 Å². The zero-order valence-electron chi connectivity index (χ0n) is 14.0. The molecule has 4 nitrogen and oxygen atoms in total. The van der Waals surface area contributed by atoms with E-state index in [1.54, 1.807) is 7.11 Å². The van der Waals surface area contributed by atoms with Gasteiger partial charge >= 0.3 is 0 Å². The lowest BCUT2D eigenvalue weighted by Crippen LogP contribution is -2.37. The van der Waals surface area contributed by atoms with Crippen molar-refractivity contribution in [1.82, 2.24) is 10.3 Å². The van der Waals surface area contributed by atoms with Crippen molar-refractivity contribution in [3.63, 3.8) is 0 Å². The molecule has 0 aromatic carbocycles. The second-order valence-electron chi connectivity index (χ2n) is 6.94. The van der Waals surface area contributed by atoms with Gasteiger partial charge in [-0.3, -0.25) is 0 Å². The maximum absolute atomic E-state index is 5.33. The molecule has 120 valence electrons. The summed E-state index contributed by atoms with van der Waals surface area (Å²) in [4.78, 5) is 8.63. The number of piperidine rings is 1. The summed E-state index contributed by atoms with van der Waals surface area (Å²) >= 11 is 1.82. The van der Waals surface area contributed by atoms with Crippen molar-refractivity contribution >= 4 is 16.5 Å². The van der Waals surface area contributed by atoms with Crippen LogP contribution < -0.4 is 10.2 Å². The highest BCUT2D eigenvalue weighted by atomic mass is 32.1. The van der Waals surface area contributed by atoms with Gasteiger partial charge in [0.2, 0.25) is 0 Å². The van der Waals surface area contributed by atoms with Gasteiger partial charge in [0.1, 0.15) is 0 Å². The predicted octanol–water partition coefficient (Wildman–Crippen LogP) is 3.56. The molecule has 1 aliphatic heterocycles. The van der Waals surface area contributed by atoms with E-state index in [2.05, 4.69) is 37.9 Å². The summed E-state index contributed by atoms with van der Waals surface area (Å²) in [6.07, 6.45) is 3.89.